The third-order valence-electron chi connectivity index (χ3n) is 3.82. The molecule has 3 heteroatoms. The van der Waals surface area contributed by atoms with Gasteiger partial charge in [0.15, 0.2) is 0 Å². The summed E-state index contributed by atoms with van der Waals surface area (Å²) in [6, 6.07) is 8.17. The summed E-state index contributed by atoms with van der Waals surface area (Å²) in [6.07, 6.45) is 6.26. The van der Waals surface area contributed by atoms with Crippen LogP contribution in [-0.2, 0) is 6.42 Å². The molecule has 0 saturated heterocycles. The van der Waals surface area contributed by atoms with Crippen LogP contribution < -0.4 is 4.74 Å². The van der Waals surface area contributed by atoms with E-state index < -0.39 is 0 Å². The second-order valence-corrected chi connectivity index (χ2v) is 5.52. The summed E-state index contributed by atoms with van der Waals surface area (Å²) in [5.74, 6) is 0.833. The number of hydrogen-bond donors (Lipinski definition) is 0. The van der Waals surface area contributed by atoms with E-state index in [9.17, 15) is 5.26 Å². The molecule has 2 nitrogen and oxygen atoms in total. The van der Waals surface area contributed by atoms with Gasteiger partial charge >= 0.3 is 0 Å². The standard InChI is InChI=1S/C15H18ClNO/c1-18-14-6-5-13(16)9-12(14)10-15(11-17)7-3-2-4-8-15/h5-6,9H,2-4,7-8,10H2,1H3. The van der Waals surface area contributed by atoms with Crippen LogP contribution in [0, 0.1) is 16.7 Å². The Morgan fingerprint density at radius 3 is 2.67 bits per heavy atom. The van der Waals surface area contributed by atoms with Crippen molar-refractivity contribution in [2.45, 2.75) is 38.5 Å². The minimum Gasteiger partial charge on any atom is -0.496 e. The fourth-order valence-corrected chi connectivity index (χ4v) is 3.00. The maximum Gasteiger partial charge on any atom is 0.122 e. The van der Waals surface area contributed by atoms with Gasteiger partial charge in [0.1, 0.15) is 5.75 Å². The van der Waals surface area contributed by atoms with E-state index in [0.717, 1.165) is 43.4 Å². The Bertz CT molecular complexity index is 458. The van der Waals surface area contributed by atoms with Crippen LogP contribution >= 0.6 is 11.6 Å². The quantitative estimate of drug-likeness (QED) is 0.811. The van der Waals surface area contributed by atoms with Crippen molar-refractivity contribution in [2.75, 3.05) is 7.11 Å². The third-order valence-corrected chi connectivity index (χ3v) is 4.05. The second kappa shape index (κ2) is 5.63. The molecular formula is C15H18ClNO. The predicted molar refractivity (Wildman–Crippen MR) is 72.8 cm³/mol. The first-order valence-electron chi connectivity index (χ1n) is 6.43. The van der Waals surface area contributed by atoms with Crippen molar-refractivity contribution >= 4 is 11.6 Å². The van der Waals surface area contributed by atoms with Crippen molar-refractivity contribution in [3.8, 4) is 11.8 Å². The summed E-state index contributed by atoms with van der Waals surface area (Å²) in [7, 11) is 1.66. The van der Waals surface area contributed by atoms with E-state index in [2.05, 4.69) is 6.07 Å². The van der Waals surface area contributed by atoms with Gasteiger partial charge in [0.25, 0.3) is 0 Å². The van der Waals surface area contributed by atoms with Gasteiger partial charge in [-0.3, -0.25) is 0 Å². The molecule has 96 valence electrons. The number of hydrogen-bond acceptors (Lipinski definition) is 2. The van der Waals surface area contributed by atoms with Crippen molar-refractivity contribution in [3.05, 3.63) is 28.8 Å². The molecule has 0 unspecified atom stereocenters. The highest BCUT2D eigenvalue weighted by molar-refractivity contribution is 6.30. The molecule has 0 spiro atoms. The largest absolute Gasteiger partial charge is 0.496 e. The molecule has 0 aromatic heterocycles. The molecule has 0 bridgehead atoms. The van der Waals surface area contributed by atoms with Crippen LogP contribution in [0.4, 0.5) is 0 Å². The Morgan fingerprint density at radius 2 is 2.06 bits per heavy atom. The Hall–Kier alpha value is -1.20. The fourth-order valence-electron chi connectivity index (χ4n) is 2.81. The molecule has 0 amide bonds. The molecule has 1 aliphatic rings. The Balaban J connectivity index is 2.26. The molecule has 0 heterocycles. The molecule has 1 aromatic carbocycles. The predicted octanol–water partition coefficient (Wildman–Crippen LogP) is 4.37. The molecule has 0 aliphatic heterocycles. The molecule has 2 rings (SSSR count). The van der Waals surface area contributed by atoms with Gasteiger partial charge in [0, 0.05) is 5.02 Å². The summed E-state index contributed by atoms with van der Waals surface area (Å²) in [5, 5.41) is 10.2. The summed E-state index contributed by atoms with van der Waals surface area (Å²) in [6.45, 7) is 0. The van der Waals surface area contributed by atoms with E-state index in [-0.39, 0.29) is 5.41 Å². The number of ether oxygens (including phenoxy) is 1. The Morgan fingerprint density at radius 1 is 1.33 bits per heavy atom. The zero-order chi connectivity index (χ0) is 13.0. The maximum atomic E-state index is 9.51. The van der Waals surface area contributed by atoms with Gasteiger partial charge < -0.3 is 4.74 Å². The second-order valence-electron chi connectivity index (χ2n) is 5.09. The first-order chi connectivity index (χ1) is 8.69. The Kier molecular flexibility index (Phi) is 4.14. The van der Waals surface area contributed by atoms with E-state index >= 15 is 0 Å². The lowest BCUT2D eigenvalue weighted by Crippen LogP contribution is -2.25. The number of benzene rings is 1. The zero-order valence-electron chi connectivity index (χ0n) is 10.7. The first-order valence-corrected chi connectivity index (χ1v) is 6.81. The summed E-state index contributed by atoms with van der Waals surface area (Å²) < 4.78 is 5.36. The molecule has 1 saturated carbocycles. The van der Waals surface area contributed by atoms with Crippen molar-refractivity contribution in [1.29, 1.82) is 5.26 Å². The fraction of sp³-hybridized carbons (Fsp3) is 0.533. The maximum absolute atomic E-state index is 9.51. The van der Waals surface area contributed by atoms with E-state index in [4.69, 9.17) is 16.3 Å². The van der Waals surface area contributed by atoms with Crippen LogP contribution in [0.3, 0.4) is 0 Å². The number of rotatable bonds is 3. The molecular weight excluding hydrogens is 246 g/mol. The average Bonchev–Trinajstić information content (AvgIpc) is 2.40. The topological polar surface area (TPSA) is 33.0 Å². The number of halogens is 1. The molecule has 0 N–H and O–H groups in total. The van der Waals surface area contributed by atoms with Crippen molar-refractivity contribution in [2.24, 2.45) is 5.41 Å². The average molecular weight is 264 g/mol. The van der Waals surface area contributed by atoms with Gasteiger partial charge in [0.05, 0.1) is 18.6 Å². The van der Waals surface area contributed by atoms with Gasteiger partial charge in [0.2, 0.25) is 0 Å². The van der Waals surface area contributed by atoms with Gasteiger partial charge in [-0.15, -0.1) is 0 Å². The minimum absolute atomic E-state index is 0.226. The zero-order valence-corrected chi connectivity index (χ0v) is 11.5. The summed E-state index contributed by atoms with van der Waals surface area (Å²) >= 11 is 6.04. The van der Waals surface area contributed by atoms with Crippen molar-refractivity contribution in [3.63, 3.8) is 0 Å². The normalized spacial score (nSPS) is 18.1. The van der Waals surface area contributed by atoms with Crippen LogP contribution in [0.15, 0.2) is 18.2 Å². The molecule has 0 radical (unpaired) electrons. The molecule has 1 fully saturated rings. The monoisotopic (exact) mass is 263 g/mol. The van der Waals surface area contributed by atoms with E-state index in [0.29, 0.717) is 5.02 Å². The smallest absolute Gasteiger partial charge is 0.122 e. The van der Waals surface area contributed by atoms with Crippen LogP contribution in [0.25, 0.3) is 0 Å². The van der Waals surface area contributed by atoms with Crippen molar-refractivity contribution in [1.82, 2.24) is 0 Å². The van der Waals surface area contributed by atoms with Crippen molar-refractivity contribution < 1.29 is 4.74 Å². The molecule has 0 atom stereocenters. The van der Waals surface area contributed by atoms with Gasteiger partial charge in [-0.25, -0.2) is 0 Å². The first kappa shape index (κ1) is 13.2. The van der Waals surface area contributed by atoms with Gasteiger partial charge in [-0.1, -0.05) is 30.9 Å². The van der Waals surface area contributed by atoms with Gasteiger partial charge in [-0.05, 0) is 43.0 Å². The summed E-state index contributed by atoms with van der Waals surface area (Å²) in [5.41, 5.74) is 0.824. The number of methoxy groups -OCH3 is 1. The van der Waals surface area contributed by atoms with Crippen LogP contribution in [0.1, 0.15) is 37.7 Å². The van der Waals surface area contributed by atoms with Gasteiger partial charge in [-0.2, -0.15) is 5.26 Å². The Labute approximate surface area is 114 Å². The number of nitrogens with zero attached hydrogens (tertiary/aromatic N) is 1. The third kappa shape index (κ3) is 2.79. The van der Waals surface area contributed by atoms with E-state index in [1.807, 2.05) is 18.2 Å². The molecule has 1 aromatic rings. The van der Waals surface area contributed by atoms with Crippen LogP contribution in [0.2, 0.25) is 5.02 Å². The molecule has 1 aliphatic carbocycles. The lowest BCUT2D eigenvalue weighted by atomic mass is 9.71. The lowest BCUT2D eigenvalue weighted by molar-refractivity contribution is 0.262. The highest BCUT2D eigenvalue weighted by Crippen LogP contribution is 2.40. The minimum atomic E-state index is -0.226. The van der Waals surface area contributed by atoms with E-state index in [1.165, 1.54) is 6.42 Å². The lowest BCUT2D eigenvalue weighted by Gasteiger charge is -2.31. The highest BCUT2D eigenvalue weighted by Gasteiger charge is 2.33. The summed E-state index contributed by atoms with van der Waals surface area (Å²) in [4.78, 5) is 0. The highest BCUT2D eigenvalue weighted by atomic mass is 35.5. The SMILES string of the molecule is COc1ccc(Cl)cc1CC1(C#N)CCCCC1. The van der Waals surface area contributed by atoms with Crippen LogP contribution in [0.5, 0.6) is 5.75 Å². The molecule has 18 heavy (non-hydrogen) atoms. The van der Waals surface area contributed by atoms with E-state index in [1.54, 1.807) is 7.11 Å². The number of nitriles is 1. The van der Waals surface area contributed by atoms with Crippen LogP contribution in [-0.4, -0.2) is 7.11 Å².